The molecule has 0 spiro atoms. The maximum absolute atomic E-state index is 12.7. The average Bonchev–Trinajstić information content (AvgIpc) is 2.96. The highest BCUT2D eigenvalue weighted by Gasteiger charge is 2.31. The Labute approximate surface area is 139 Å². The fraction of sp³-hybridized carbons (Fsp3) is 0.125. The molecule has 0 aliphatic heterocycles. The van der Waals surface area contributed by atoms with E-state index in [1.54, 1.807) is 24.3 Å². The molecule has 2 heterocycles. The second-order valence-corrected chi connectivity index (χ2v) is 5.53. The number of halogens is 4. The molecule has 124 valence electrons. The van der Waals surface area contributed by atoms with Crippen molar-refractivity contribution in [3.05, 3.63) is 70.6 Å². The van der Waals surface area contributed by atoms with Gasteiger partial charge in [-0.05, 0) is 29.8 Å². The van der Waals surface area contributed by atoms with Crippen LogP contribution in [0.2, 0.25) is 5.02 Å². The van der Waals surface area contributed by atoms with Gasteiger partial charge in [-0.1, -0.05) is 23.7 Å². The lowest BCUT2D eigenvalue weighted by Crippen LogP contribution is -2.24. The minimum Gasteiger partial charge on any atom is -0.347 e. The van der Waals surface area contributed by atoms with Crippen LogP contribution in [-0.4, -0.2) is 15.3 Å². The fourth-order valence-corrected chi connectivity index (χ4v) is 2.33. The Morgan fingerprint density at radius 3 is 2.58 bits per heavy atom. The van der Waals surface area contributed by atoms with Gasteiger partial charge in [-0.2, -0.15) is 13.2 Å². The maximum Gasteiger partial charge on any atom is 0.416 e. The monoisotopic (exact) mass is 353 g/mol. The van der Waals surface area contributed by atoms with Gasteiger partial charge in [-0.15, -0.1) is 0 Å². The van der Waals surface area contributed by atoms with E-state index in [1.807, 2.05) is 0 Å². The zero-order valence-electron chi connectivity index (χ0n) is 12.1. The molecule has 2 aromatic heterocycles. The van der Waals surface area contributed by atoms with Crippen LogP contribution in [0.1, 0.15) is 21.6 Å². The molecule has 0 fully saturated rings. The van der Waals surface area contributed by atoms with Crippen molar-refractivity contribution in [2.75, 3.05) is 0 Å². The number of benzene rings is 1. The lowest BCUT2D eigenvalue weighted by molar-refractivity contribution is -0.137. The standard InChI is InChI=1S/C16H11ClF3N3O/c17-12-3-1-10(2-4-12)8-22-15(24)13-9-21-14-7-11(16(18,19)20)5-6-23(13)14/h1-7,9H,8H2,(H,22,24). The molecular formula is C16H11ClF3N3O. The average molecular weight is 354 g/mol. The first-order valence-corrected chi connectivity index (χ1v) is 7.29. The van der Waals surface area contributed by atoms with Crippen LogP contribution in [0, 0.1) is 0 Å². The molecule has 3 rings (SSSR count). The molecule has 0 aliphatic carbocycles. The molecule has 0 saturated heterocycles. The van der Waals surface area contributed by atoms with E-state index >= 15 is 0 Å². The molecule has 1 amide bonds. The van der Waals surface area contributed by atoms with Crippen LogP contribution < -0.4 is 5.32 Å². The molecule has 8 heteroatoms. The summed E-state index contributed by atoms with van der Waals surface area (Å²) >= 11 is 5.79. The van der Waals surface area contributed by atoms with Crippen molar-refractivity contribution in [1.82, 2.24) is 14.7 Å². The lowest BCUT2D eigenvalue weighted by Gasteiger charge is -2.08. The summed E-state index contributed by atoms with van der Waals surface area (Å²) in [5.41, 5.74) is 0.254. The third kappa shape index (κ3) is 3.35. The van der Waals surface area contributed by atoms with Crippen molar-refractivity contribution in [2.45, 2.75) is 12.7 Å². The van der Waals surface area contributed by atoms with Gasteiger partial charge >= 0.3 is 6.18 Å². The molecule has 0 bridgehead atoms. The Morgan fingerprint density at radius 1 is 1.21 bits per heavy atom. The first-order valence-electron chi connectivity index (χ1n) is 6.91. The Hall–Kier alpha value is -2.54. The number of nitrogens with one attached hydrogen (secondary N) is 1. The van der Waals surface area contributed by atoms with E-state index in [1.165, 1.54) is 16.8 Å². The van der Waals surface area contributed by atoms with E-state index in [9.17, 15) is 18.0 Å². The molecule has 4 nitrogen and oxygen atoms in total. The van der Waals surface area contributed by atoms with Gasteiger partial charge in [0.15, 0.2) is 0 Å². The van der Waals surface area contributed by atoms with Crippen molar-refractivity contribution in [1.29, 1.82) is 0 Å². The summed E-state index contributed by atoms with van der Waals surface area (Å²) in [6.07, 6.45) is -2.03. The molecule has 24 heavy (non-hydrogen) atoms. The van der Waals surface area contributed by atoms with Crippen molar-refractivity contribution in [3.63, 3.8) is 0 Å². The molecule has 0 aliphatic rings. The summed E-state index contributed by atoms with van der Waals surface area (Å²) in [5.74, 6) is -0.433. The van der Waals surface area contributed by atoms with E-state index in [4.69, 9.17) is 11.6 Å². The summed E-state index contributed by atoms with van der Waals surface area (Å²) in [6.45, 7) is 0.268. The third-order valence-corrected chi connectivity index (χ3v) is 3.69. The number of nitrogens with zero attached hydrogens (tertiary/aromatic N) is 2. The van der Waals surface area contributed by atoms with Crippen LogP contribution in [0.15, 0.2) is 48.8 Å². The predicted octanol–water partition coefficient (Wildman–Crippen LogP) is 3.94. The summed E-state index contributed by atoms with van der Waals surface area (Å²) in [7, 11) is 0. The second kappa shape index (κ2) is 6.16. The molecule has 0 unspecified atom stereocenters. The maximum atomic E-state index is 12.7. The van der Waals surface area contributed by atoms with Crippen LogP contribution in [0.5, 0.6) is 0 Å². The predicted molar refractivity (Wildman–Crippen MR) is 82.8 cm³/mol. The second-order valence-electron chi connectivity index (χ2n) is 5.09. The van der Waals surface area contributed by atoms with Gasteiger partial charge in [-0.25, -0.2) is 4.98 Å². The number of aromatic nitrogens is 2. The smallest absolute Gasteiger partial charge is 0.347 e. The number of alkyl halides is 3. The van der Waals surface area contributed by atoms with Crippen molar-refractivity contribution in [2.24, 2.45) is 0 Å². The quantitative estimate of drug-likeness (QED) is 0.775. The van der Waals surface area contributed by atoms with Crippen molar-refractivity contribution >= 4 is 23.2 Å². The van der Waals surface area contributed by atoms with Crippen LogP contribution in [-0.2, 0) is 12.7 Å². The summed E-state index contributed by atoms with van der Waals surface area (Å²) in [4.78, 5) is 16.1. The number of pyridine rings is 1. The normalized spacial score (nSPS) is 11.7. The van der Waals surface area contributed by atoms with E-state index < -0.39 is 17.6 Å². The summed E-state index contributed by atoms with van der Waals surface area (Å²) < 4.78 is 39.4. The van der Waals surface area contributed by atoms with E-state index in [2.05, 4.69) is 10.3 Å². The number of hydrogen-bond acceptors (Lipinski definition) is 2. The molecule has 0 radical (unpaired) electrons. The van der Waals surface area contributed by atoms with Gasteiger partial charge in [0.05, 0.1) is 11.8 Å². The number of amides is 1. The number of carbonyl (C=O) groups is 1. The van der Waals surface area contributed by atoms with Crippen molar-refractivity contribution < 1.29 is 18.0 Å². The highest BCUT2D eigenvalue weighted by Crippen LogP contribution is 2.29. The van der Waals surface area contributed by atoms with Crippen LogP contribution in [0.25, 0.3) is 5.65 Å². The number of hydrogen-bond donors (Lipinski definition) is 1. The van der Waals surface area contributed by atoms with Gasteiger partial charge in [-0.3, -0.25) is 9.20 Å². The van der Waals surface area contributed by atoms with Gasteiger partial charge in [0.1, 0.15) is 11.3 Å². The molecule has 0 atom stereocenters. The summed E-state index contributed by atoms with van der Waals surface area (Å²) in [5, 5.41) is 3.28. The largest absolute Gasteiger partial charge is 0.416 e. The minimum absolute atomic E-state index is 0.0569. The number of imidazole rings is 1. The van der Waals surface area contributed by atoms with Crippen LogP contribution in [0.4, 0.5) is 13.2 Å². The highest BCUT2D eigenvalue weighted by molar-refractivity contribution is 6.30. The van der Waals surface area contributed by atoms with E-state index in [0.717, 1.165) is 17.7 Å². The first kappa shape index (κ1) is 16.3. The Bertz CT molecular complexity index is 888. The fourth-order valence-electron chi connectivity index (χ4n) is 2.20. The molecule has 3 aromatic rings. The summed E-state index contributed by atoms with van der Waals surface area (Å²) in [6, 6.07) is 8.76. The molecule has 0 saturated carbocycles. The third-order valence-electron chi connectivity index (χ3n) is 3.44. The van der Waals surface area contributed by atoms with Gasteiger partial charge in [0.25, 0.3) is 5.91 Å². The SMILES string of the molecule is O=C(NCc1ccc(Cl)cc1)c1cnc2cc(C(F)(F)F)ccn12. The number of fused-ring (bicyclic) bond motifs is 1. The molecule has 1 N–H and O–H groups in total. The molecule has 1 aromatic carbocycles. The molecular weight excluding hydrogens is 343 g/mol. The van der Waals surface area contributed by atoms with Crippen LogP contribution in [0.3, 0.4) is 0 Å². The zero-order valence-corrected chi connectivity index (χ0v) is 12.9. The van der Waals surface area contributed by atoms with E-state index in [-0.39, 0.29) is 17.9 Å². The first-order chi connectivity index (χ1) is 11.3. The van der Waals surface area contributed by atoms with E-state index in [0.29, 0.717) is 5.02 Å². The Kier molecular flexibility index (Phi) is 4.19. The lowest BCUT2D eigenvalue weighted by atomic mass is 10.2. The zero-order chi connectivity index (χ0) is 17.3. The van der Waals surface area contributed by atoms with Gasteiger partial charge in [0.2, 0.25) is 0 Å². The number of rotatable bonds is 3. The Balaban J connectivity index is 1.79. The topological polar surface area (TPSA) is 46.4 Å². The Morgan fingerprint density at radius 2 is 1.92 bits per heavy atom. The van der Waals surface area contributed by atoms with Gasteiger partial charge in [0, 0.05) is 17.8 Å². The van der Waals surface area contributed by atoms with Gasteiger partial charge < -0.3 is 5.32 Å². The minimum atomic E-state index is -4.45. The van der Waals surface area contributed by atoms with Crippen molar-refractivity contribution in [3.8, 4) is 0 Å². The van der Waals surface area contributed by atoms with Crippen LogP contribution >= 0.6 is 11.6 Å². The highest BCUT2D eigenvalue weighted by atomic mass is 35.5. The number of carbonyl (C=O) groups excluding carboxylic acids is 1.